The van der Waals surface area contributed by atoms with E-state index < -0.39 is 24.1 Å². The zero-order valence-electron chi connectivity index (χ0n) is 13.6. The molecule has 0 heterocycles. The monoisotopic (exact) mass is 372 g/mol. The van der Waals surface area contributed by atoms with Crippen molar-refractivity contribution in [3.63, 3.8) is 0 Å². The number of carbonyl (C=O) groups is 1. The van der Waals surface area contributed by atoms with Crippen molar-refractivity contribution < 1.29 is 32.3 Å². The van der Waals surface area contributed by atoms with Crippen molar-refractivity contribution in [2.45, 2.75) is 25.7 Å². The van der Waals surface area contributed by atoms with Gasteiger partial charge in [-0.05, 0) is 48.4 Å². The van der Waals surface area contributed by atoms with Crippen molar-refractivity contribution in [3.8, 4) is 5.75 Å². The molecule has 0 fully saturated rings. The minimum absolute atomic E-state index is 0.0646. The van der Waals surface area contributed by atoms with Crippen molar-refractivity contribution in [1.29, 1.82) is 0 Å². The maximum absolute atomic E-state index is 13.3. The van der Waals surface area contributed by atoms with Crippen molar-refractivity contribution in [3.05, 3.63) is 59.4 Å². The lowest BCUT2D eigenvalue weighted by Crippen LogP contribution is -2.39. The minimum Gasteiger partial charge on any atom is -0.406 e. The maximum atomic E-state index is 13.3. The van der Waals surface area contributed by atoms with Crippen LogP contribution in [0.3, 0.4) is 0 Å². The van der Waals surface area contributed by atoms with E-state index in [2.05, 4.69) is 10.1 Å². The fraction of sp³-hybridized carbons (Fsp3) is 0.235. The summed E-state index contributed by atoms with van der Waals surface area (Å²) < 4.78 is 53.6. The molecule has 0 saturated carbocycles. The van der Waals surface area contributed by atoms with Gasteiger partial charge in [0.25, 0.3) is 5.91 Å². The van der Waals surface area contributed by atoms with E-state index in [1.807, 2.05) is 0 Å². The second-order valence-corrected chi connectivity index (χ2v) is 5.53. The molecule has 1 atom stereocenters. The molecule has 26 heavy (non-hydrogen) atoms. The number of anilines is 1. The first-order valence-electron chi connectivity index (χ1n) is 7.49. The average Bonchev–Trinajstić information content (AvgIpc) is 2.57. The summed E-state index contributed by atoms with van der Waals surface area (Å²) >= 11 is 0. The molecule has 0 radical (unpaired) electrons. The number of amides is 1. The number of ether oxygens (including phenoxy) is 1. The molecule has 2 aromatic rings. The Kier molecular flexibility index (Phi) is 6.04. The Balaban J connectivity index is 2.12. The molecule has 1 unspecified atom stereocenters. The number of aryl methyl sites for hydroxylation is 1. The molecule has 0 aromatic heterocycles. The first-order chi connectivity index (χ1) is 12.2. The van der Waals surface area contributed by atoms with Crippen LogP contribution in [0.4, 0.5) is 23.2 Å². The third-order valence-electron chi connectivity index (χ3n) is 3.52. The van der Waals surface area contributed by atoms with E-state index in [-0.39, 0.29) is 12.2 Å². The van der Waals surface area contributed by atoms with Gasteiger partial charge in [0.05, 0.1) is 0 Å². The van der Waals surface area contributed by atoms with Gasteiger partial charge in [-0.1, -0.05) is 12.1 Å². The Morgan fingerprint density at radius 1 is 1.19 bits per heavy atom. The Morgan fingerprint density at radius 2 is 1.85 bits per heavy atom. The average molecular weight is 372 g/mol. The molecule has 0 aliphatic heterocycles. The van der Waals surface area contributed by atoms with Crippen LogP contribution in [-0.2, 0) is 11.2 Å². The number of hydrogen-bond donors (Lipinski definition) is 3. The molecule has 0 saturated heterocycles. The van der Waals surface area contributed by atoms with Gasteiger partial charge in [-0.2, -0.15) is 0 Å². The van der Waals surface area contributed by atoms with Gasteiger partial charge in [-0.3, -0.25) is 10.0 Å². The van der Waals surface area contributed by atoms with E-state index >= 15 is 0 Å². The van der Waals surface area contributed by atoms with Gasteiger partial charge in [0.15, 0.2) is 0 Å². The lowest BCUT2D eigenvalue weighted by Gasteiger charge is -2.19. The van der Waals surface area contributed by atoms with E-state index in [9.17, 15) is 22.4 Å². The predicted octanol–water partition coefficient (Wildman–Crippen LogP) is 3.56. The molecule has 3 N–H and O–H groups in total. The van der Waals surface area contributed by atoms with Gasteiger partial charge in [-0.15, -0.1) is 13.2 Å². The van der Waals surface area contributed by atoms with Crippen LogP contribution in [-0.4, -0.2) is 23.5 Å². The third-order valence-corrected chi connectivity index (χ3v) is 3.52. The Hall–Kier alpha value is -2.81. The highest BCUT2D eigenvalue weighted by Crippen LogP contribution is 2.23. The van der Waals surface area contributed by atoms with Crippen LogP contribution in [0.15, 0.2) is 42.5 Å². The number of benzene rings is 2. The van der Waals surface area contributed by atoms with Gasteiger partial charge in [-0.25, -0.2) is 9.87 Å². The summed E-state index contributed by atoms with van der Waals surface area (Å²) in [4.78, 5) is 11.9. The number of hydrogen-bond acceptors (Lipinski definition) is 4. The number of nitrogens with one attached hydrogen (secondary N) is 2. The number of rotatable bonds is 6. The van der Waals surface area contributed by atoms with E-state index in [1.165, 1.54) is 35.8 Å². The zero-order valence-corrected chi connectivity index (χ0v) is 13.6. The van der Waals surface area contributed by atoms with Crippen molar-refractivity contribution >= 4 is 11.6 Å². The standard InChI is InChI=1S/C17H16F4N2O3/c1-10-8-12(4-7-14(10)18)22-15(16(24)23-25)9-11-2-5-13(6-3-11)26-17(19,20)21/h2-8,15,22,25H,9H2,1H3,(H,23,24). The molecule has 0 spiro atoms. The number of hydroxylamine groups is 1. The van der Waals surface area contributed by atoms with Crippen LogP contribution in [0.5, 0.6) is 5.75 Å². The van der Waals surface area contributed by atoms with E-state index in [1.54, 1.807) is 6.92 Å². The normalized spacial score (nSPS) is 12.4. The van der Waals surface area contributed by atoms with Gasteiger partial charge < -0.3 is 10.1 Å². The highest BCUT2D eigenvalue weighted by atomic mass is 19.4. The molecule has 5 nitrogen and oxygen atoms in total. The van der Waals surface area contributed by atoms with E-state index in [4.69, 9.17) is 5.21 Å². The lowest BCUT2D eigenvalue weighted by atomic mass is 10.0. The van der Waals surface area contributed by atoms with Crippen LogP contribution >= 0.6 is 0 Å². The smallest absolute Gasteiger partial charge is 0.406 e. The second-order valence-electron chi connectivity index (χ2n) is 5.53. The van der Waals surface area contributed by atoms with Gasteiger partial charge >= 0.3 is 6.36 Å². The molecule has 1 amide bonds. The van der Waals surface area contributed by atoms with Crippen LogP contribution < -0.4 is 15.5 Å². The zero-order chi connectivity index (χ0) is 19.3. The van der Waals surface area contributed by atoms with Gasteiger partial charge in [0.2, 0.25) is 0 Å². The van der Waals surface area contributed by atoms with Gasteiger partial charge in [0.1, 0.15) is 17.6 Å². The van der Waals surface area contributed by atoms with Gasteiger partial charge in [0, 0.05) is 12.1 Å². The van der Waals surface area contributed by atoms with Crippen LogP contribution in [0.1, 0.15) is 11.1 Å². The summed E-state index contributed by atoms with van der Waals surface area (Å²) in [6.07, 6.45) is -4.72. The molecular formula is C17H16F4N2O3. The van der Waals surface area contributed by atoms with Crippen molar-refractivity contribution in [2.24, 2.45) is 0 Å². The summed E-state index contributed by atoms with van der Waals surface area (Å²) in [5.41, 5.74) is 2.87. The summed E-state index contributed by atoms with van der Waals surface area (Å²) in [5, 5.41) is 11.7. The number of halogens is 4. The summed E-state index contributed by atoms with van der Waals surface area (Å²) in [5.74, 6) is -1.53. The largest absolute Gasteiger partial charge is 0.573 e. The van der Waals surface area contributed by atoms with E-state index in [0.717, 1.165) is 12.1 Å². The summed E-state index contributed by atoms with van der Waals surface area (Å²) in [7, 11) is 0. The van der Waals surface area contributed by atoms with Crippen molar-refractivity contribution in [1.82, 2.24) is 5.48 Å². The summed E-state index contributed by atoms with van der Waals surface area (Å²) in [6.45, 7) is 1.56. The van der Waals surface area contributed by atoms with Crippen molar-refractivity contribution in [2.75, 3.05) is 5.32 Å². The fourth-order valence-electron chi connectivity index (χ4n) is 2.29. The highest BCUT2D eigenvalue weighted by Gasteiger charge is 2.31. The molecule has 9 heteroatoms. The number of alkyl halides is 3. The molecule has 2 rings (SSSR count). The highest BCUT2D eigenvalue weighted by molar-refractivity contribution is 5.84. The SMILES string of the molecule is Cc1cc(NC(Cc2ccc(OC(F)(F)F)cc2)C(=O)NO)ccc1F. The van der Waals surface area contributed by atoms with Crippen LogP contribution in [0.25, 0.3) is 0 Å². The molecule has 140 valence electrons. The number of carbonyl (C=O) groups excluding carboxylic acids is 1. The first-order valence-corrected chi connectivity index (χ1v) is 7.49. The van der Waals surface area contributed by atoms with E-state index in [0.29, 0.717) is 16.8 Å². The minimum atomic E-state index is -4.79. The molecule has 0 aliphatic rings. The van der Waals surface area contributed by atoms with Crippen LogP contribution in [0.2, 0.25) is 0 Å². The predicted molar refractivity (Wildman–Crippen MR) is 85.3 cm³/mol. The topological polar surface area (TPSA) is 70.6 Å². The molecular weight excluding hydrogens is 356 g/mol. The quantitative estimate of drug-likeness (QED) is 0.412. The lowest BCUT2D eigenvalue weighted by molar-refractivity contribution is -0.274. The summed E-state index contributed by atoms with van der Waals surface area (Å²) in [6, 6.07) is 8.21. The fourth-order valence-corrected chi connectivity index (χ4v) is 2.29. The first kappa shape index (κ1) is 19.5. The third kappa shape index (κ3) is 5.62. The molecule has 0 aliphatic carbocycles. The Morgan fingerprint density at radius 3 is 2.38 bits per heavy atom. The Labute approximate surface area is 146 Å². The molecule has 2 aromatic carbocycles. The van der Waals surface area contributed by atoms with Crippen LogP contribution in [0, 0.1) is 12.7 Å². The second kappa shape index (κ2) is 8.05. The Bertz CT molecular complexity index is 764. The maximum Gasteiger partial charge on any atom is 0.573 e. The molecule has 0 bridgehead atoms.